The van der Waals surface area contributed by atoms with Gasteiger partial charge in [0, 0.05) is 63.5 Å². The van der Waals surface area contributed by atoms with Gasteiger partial charge in [-0.3, -0.25) is 9.69 Å². The van der Waals surface area contributed by atoms with Crippen molar-refractivity contribution in [3.8, 4) is 5.75 Å². The molecule has 1 saturated carbocycles. The van der Waals surface area contributed by atoms with Crippen molar-refractivity contribution in [2.45, 2.75) is 44.6 Å². The SMILES string of the molecule is COc1ccccc1CC(=O)N1CCc2cnc(N3CCN(C4CCC4)CC3)nc2CC1. The Balaban J connectivity index is 1.20. The van der Waals surface area contributed by atoms with Crippen molar-refractivity contribution in [2.75, 3.05) is 51.3 Å². The number of amides is 1. The van der Waals surface area contributed by atoms with Gasteiger partial charge in [-0.1, -0.05) is 24.6 Å². The van der Waals surface area contributed by atoms with E-state index in [1.54, 1.807) is 7.11 Å². The minimum Gasteiger partial charge on any atom is -0.496 e. The number of rotatable bonds is 5. The number of fused-ring (bicyclic) bond motifs is 1. The summed E-state index contributed by atoms with van der Waals surface area (Å²) in [5, 5.41) is 0. The van der Waals surface area contributed by atoms with E-state index < -0.39 is 0 Å². The molecule has 0 atom stereocenters. The average Bonchev–Trinajstić information content (AvgIpc) is 3.01. The third kappa shape index (κ3) is 4.44. The maximum absolute atomic E-state index is 13.0. The first-order valence-electron chi connectivity index (χ1n) is 11.9. The Morgan fingerprint density at radius 1 is 1.06 bits per heavy atom. The predicted molar refractivity (Wildman–Crippen MR) is 124 cm³/mol. The highest BCUT2D eigenvalue weighted by molar-refractivity contribution is 5.79. The number of carbonyl (C=O) groups excluding carboxylic acids is 1. The second-order valence-corrected chi connectivity index (χ2v) is 9.12. The Morgan fingerprint density at radius 2 is 1.84 bits per heavy atom. The van der Waals surface area contributed by atoms with E-state index in [0.717, 1.165) is 68.0 Å². The van der Waals surface area contributed by atoms with E-state index in [9.17, 15) is 4.79 Å². The van der Waals surface area contributed by atoms with Crippen molar-refractivity contribution >= 4 is 11.9 Å². The first-order chi connectivity index (χ1) is 15.7. The van der Waals surface area contributed by atoms with Gasteiger partial charge in [-0.05, 0) is 30.9 Å². The molecule has 32 heavy (non-hydrogen) atoms. The Hall–Kier alpha value is -2.67. The molecule has 2 aromatic rings. The monoisotopic (exact) mass is 435 g/mol. The molecule has 1 saturated heterocycles. The van der Waals surface area contributed by atoms with Crippen LogP contribution in [0, 0.1) is 0 Å². The smallest absolute Gasteiger partial charge is 0.227 e. The largest absolute Gasteiger partial charge is 0.496 e. The van der Waals surface area contributed by atoms with Crippen LogP contribution in [0.15, 0.2) is 30.5 Å². The van der Waals surface area contributed by atoms with E-state index in [1.165, 1.54) is 24.8 Å². The fourth-order valence-electron chi connectivity index (χ4n) is 5.03. The van der Waals surface area contributed by atoms with E-state index in [-0.39, 0.29) is 5.91 Å². The molecule has 1 aliphatic carbocycles. The van der Waals surface area contributed by atoms with Crippen LogP contribution in [-0.2, 0) is 24.1 Å². The first kappa shape index (κ1) is 21.2. The minimum atomic E-state index is 0.141. The predicted octanol–water partition coefficient (Wildman–Crippen LogP) is 2.33. The summed E-state index contributed by atoms with van der Waals surface area (Å²) in [6.07, 6.45) is 8.06. The second-order valence-electron chi connectivity index (χ2n) is 9.12. The molecule has 1 amide bonds. The van der Waals surface area contributed by atoms with Crippen LogP contribution in [0.3, 0.4) is 0 Å². The van der Waals surface area contributed by atoms with Gasteiger partial charge in [-0.2, -0.15) is 0 Å². The van der Waals surface area contributed by atoms with Crippen molar-refractivity contribution in [1.82, 2.24) is 19.8 Å². The van der Waals surface area contributed by atoms with Gasteiger partial charge in [-0.25, -0.2) is 9.97 Å². The molecule has 7 heteroatoms. The number of piperazine rings is 1. The van der Waals surface area contributed by atoms with Crippen LogP contribution in [-0.4, -0.2) is 78.1 Å². The fourth-order valence-corrected chi connectivity index (χ4v) is 5.03. The Labute approximate surface area is 190 Å². The van der Waals surface area contributed by atoms with Crippen LogP contribution >= 0.6 is 0 Å². The van der Waals surface area contributed by atoms with Crippen LogP contribution in [0.2, 0.25) is 0 Å². The third-order valence-electron chi connectivity index (χ3n) is 7.29. The van der Waals surface area contributed by atoms with E-state index >= 15 is 0 Å². The number of para-hydroxylation sites is 1. The normalized spacial score (nSPS) is 19.8. The molecule has 170 valence electrons. The first-order valence-corrected chi connectivity index (χ1v) is 11.9. The lowest BCUT2D eigenvalue weighted by Crippen LogP contribution is -2.52. The zero-order valence-electron chi connectivity index (χ0n) is 19.0. The second kappa shape index (κ2) is 9.45. The van der Waals surface area contributed by atoms with Crippen LogP contribution in [0.1, 0.15) is 36.1 Å². The molecule has 0 spiro atoms. The number of hydrogen-bond donors (Lipinski definition) is 0. The standard InChI is InChI=1S/C25H33N5O2/c1-32-23-8-3-2-5-19(23)17-24(31)29-11-9-20-18-26-25(27-22(20)10-12-29)30-15-13-28(14-16-30)21-6-4-7-21/h2-3,5,8,18,21H,4,6-7,9-17H2,1H3. The molecular formula is C25H33N5O2. The quantitative estimate of drug-likeness (QED) is 0.718. The van der Waals surface area contributed by atoms with E-state index in [4.69, 9.17) is 14.7 Å². The summed E-state index contributed by atoms with van der Waals surface area (Å²) in [6.45, 7) is 5.63. The summed E-state index contributed by atoms with van der Waals surface area (Å²) >= 11 is 0. The number of ether oxygens (including phenoxy) is 1. The number of methoxy groups -OCH3 is 1. The van der Waals surface area contributed by atoms with Gasteiger partial charge >= 0.3 is 0 Å². The van der Waals surface area contributed by atoms with Crippen LogP contribution in [0.5, 0.6) is 5.75 Å². The van der Waals surface area contributed by atoms with Crippen molar-refractivity contribution in [1.29, 1.82) is 0 Å². The Kier molecular flexibility index (Phi) is 6.26. The zero-order valence-corrected chi connectivity index (χ0v) is 19.0. The highest BCUT2D eigenvalue weighted by Gasteiger charge is 2.29. The molecule has 3 heterocycles. The summed E-state index contributed by atoms with van der Waals surface area (Å²) in [7, 11) is 1.65. The molecule has 5 rings (SSSR count). The van der Waals surface area contributed by atoms with Gasteiger partial charge in [0.05, 0.1) is 19.2 Å². The summed E-state index contributed by atoms with van der Waals surface area (Å²) < 4.78 is 5.41. The van der Waals surface area contributed by atoms with Crippen molar-refractivity contribution in [2.24, 2.45) is 0 Å². The molecule has 3 aliphatic rings. The topological polar surface area (TPSA) is 61.8 Å². The average molecular weight is 436 g/mol. The van der Waals surface area contributed by atoms with E-state index in [2.05, 4.69) is 9.80 Å². The van der Waals surface area contributed by atoms with Gasteiger partial charge < -0.3 is 14.5 Å². The molecule has 7 nitrogen and oxygen atoms in total. The Bertz CT molecular complexity index is 953. The molecule has 1 aromatic heterocycles. The van der Waals surface area contributed by atoms with Crippen molar-refractivity contribution in [3.05, 3.63) is 47.3 Å². The summed E-state index contributed by atoms with van der Waals surface area (Å²) in [5.41, 5.74) is 3.21. The fraction of sp³-hybridized carbons (Fsp3) is 0.560. The lowest BCUT2D eigenvalue weighted by molar-refractivity contribution is -0.130. The lowest BCUT2D eigenvalue weighted by Gasteiger charge is -2.43. The van der Waals surface area contributed by atoms with Crippen LogP contribution in [0.4, 0.5) is 5.95 Å². The van der Waals surface area contributed by atoms with Gasteiger partial charge in [0.1, 0.15) is 5.75 Å². The summed E-state index contributed by atoms with van der Waals surface area (Å²) in [5.74, 6) is 1.76. The van der Waals surface area contributed by atoms with Crippen LogP contribution < -0.4 is 9.64 Å². The molecule has 0 bridgehead atoms. The zero-order chi connectivity index (χ0) is 21.9. The maximum Gasteiger partial charge on any atom is 0.227 e. The van der Waals surface area contributed by atoms with Gasteiger partial charge in [0.2, 0.25) is 11.9 Å². The molecule has 0 radical (unpaired) electrons. The number of nitrogens with zero attached hydrogens (tertiary/aromatic N) is 5. The highest BCUT2D eigenvalue weighted by atomic mass is 16.5. The molecule has 2 fully saturated rings. The van der Waals surface area contributed by atoms with Crippen molar-refractivity contribution < 1.29 is 9.53 Å². The minimum absolute atomic E-state index is 0.141. The van der Waals surface area contributed by atoms with Gasteiger partial charge in [0.15, 0.2) is 0 Å². The maximum atomic E-state index is 13.0. The summed E-state index contributed by atoms with van der Waals surface area (Å²) in [6, 6.07) is 8.56. The third-order valence-corrected chi connectivity index (χ3v) is 7.29. The number of anilines is 1. The van der Waals surface area contributed by atoms with Gasteiger partial charge in [-0.15, -0.1) is 0 Å². The molecular weight excluding hydrogens is 402 g/mol. The van der Waals surface area contributed by atoms with Crippen molar-refractivity contribution in [3.63, 3.8) is 0 Å². The molecule has 0 N–H and O–H groups in total. The summed E-state index contributed by atoms with van der Waals surface area (Å²) in [4.78, 5) is 29.6. The molecule has 1 aromatic carbocycles. The van der Waals surface area contributed by atoms with Crippen LogP contribution in [0.25, 0.3) is 0 Å². The molecule has 2 aliphatic heterocycles. The van der Waals surface area contributed by atoms with E-state index in [1.807, 2.05) is 35.4 Å². The number of carbonyl (C=O) groups is 1. The number of aromatic nitrogens is 2. The highest BCUT2D eigenvalue weighted by Crippen LogP contribution is 2.26. The lowest BCUT2D eigenvalue weighted by atomic mass is 9.91. The van der Waals surface area contributed by atoms with Gasteiger partial charge in [0.25, 0.3) is 0 Å². The van der Waals surface area contributed by atoms with E-state index in [0.29, 0.717) is 19.5 Å². The number of benzene rings is 1. The number of hydrogen-bond acceptors (Lipinski definition) is 6. The Morgan fingerprint density at radius 3 is 2.59 bits per heavy atom. The molecule has 0 unspecified atom stereocenters.